The van der Waals surface area contributed by atoms with Crippen LogP contribution in [0, 0.1) is 5.41 Å². The molecule has 0 aliphatic carbocycles. The van der Waals surface area contributed by atoms with Crippen molar-refractivity contribution >= 4 is 17.9 Å². The van der Waals surface area contributed by atoms with Gasteiger partial charge in [0.2, 0.25) is 0 Å². The SMILES string of the molecule is COP1(OC)=C(c2ccccc2)C=C(C(C)(C)C)C=C1c1ccccc1. The quantitative estimate of drug-likeness (QED) is 0.585. The van der Waals surface area contributed by atoms with Gasteiger partial charge in [0.15, 0.2) is 7.34 Å². The van der Waals surface area contributed by atoms with Crippen LogP contribution in [0.3, 0.4) is 0 Å². The van der Waals surface area contributed by atoms with Crippen molar-refractivity contribution < 1.29 is 9.05 Å². The van der Waals surface area contributed by atoms with Gasteiger partial charge in [-0.3, -0.25) is 0 Å². The highest BCUT2D eigenvalue weighted by Crippen LogP contribution is 2.65. The van der Waals surface area contributed by atoms with E-state index in [0.717, 1.165) is 21.7 Å². The molecule has 0 spiro atoms. The first-order chi connectivity index (χ1) is 12.4. The molecular weight excluding hydrogens is 339 g/mol. The van der Waals surface area contributed by atoms with Crippen LogP contribution in [0.25, 0.3) is 5.31 Å². The summed E-state index contributed by atoms with van der Waals surface area (Å²) in [5.41, 5.74) is 3.60. The van der Waals surface area contributed by atoms with Crippen molar-refractivity contribution in [2.75, 3.05) is 14.2 Å². The van der Waals surface area contributed by atoms with Crippen molar-refractivity contribution in [3.05, 3.63) is 89.5 Å². The molecule has 1 aliphatic rings. The first kappa shape index (κ1) is 18.9. The summed E-state index contributed by atoms with van der Waals surface area (Å²) in [4.78, 5) is 0. The molecule has 0 saturated heterocycles. The fourth-order valence-electron chi connectivity index (χ4n) is 3.26. The zero-order valence-corrected chi connectivity index (χ0v) is 17.1. The monoisotopic (exact) mass is 366 g/mol. The topological polar surface area (TPSA) is 18.5 Å². The highest BCUT2D eigenvalue weighted by molar-refractivity contribution is 7.78. The molecule has 3 rings (SSSR count). The average Bonchev–Trinajstić information content (AvgIpc) is 2.67. The largest absolute Gasteiger partial charge is 0.337 e. The van der Waals surface area contributed by atoms with Crippen LogP contribution in [0.15, 0.2) is 78.4 Å². The van der Waals surface area contributed by atoms with E-state index in [4.69, 9.17) is 9.05 Å². The molecule has 0 aromatic heterocycles. The molecule has 1 heterocycles. The Balaban J connectivity index is 2.40. The molecule has 2 aromatic rings. The van der Waals surface area contributed by atoms with Crippen LogP contribution in [0.1, 0.15) is 31.9 Å². The molecule has 26 heavy (non-hydrogen) atoms. The summed E-state index contributed by atoms with van der Waals surface area (Å²) in [5.74, 6) is 0. The third-order valence-corrected chi connectivity index (χ3v) is 7.81. The average molecular weight is 366 g/mol. The fraction of sp³-hybridized carbons (Fsp3) is 0.261. The van der Waals surface area contributed by atoms with E-state index in [0.29, 0.717) is 0 Å². The Kier molecular flexibility index (Phi) is 5.39. The summed E-state index contributed by atoms with van der Waals surface area (Å²) >= 11 is 0. The Labute approximate surface area is 157 Å². The lowest BCUT2D eigenvalue weighted by atomic mass is 9.84. The molecule has 3 heteroatoms. The first-order valence-corrected chi connectivity index (χ1v) is 10.5. The zero-order valence-electron chi connectivity index (χ0n) is 16.2. The summed E-state index contributed by atoms with van der Waals surface area (Å²) in [6, 6.07) is 20.9. The van der Waals surface area contributed by atoms with E-state index >= 15 is 0 Å². The van der Waals surface area contributed by atoms with Crippen LogP contribution in [0.2, 0.25) is 0 Å². The minimum absolute atomic E-state index is 0.0254. The molecule has 136 valence electrons. The minimum Gasteiger partial charge on any atom is -0.337 e. The molecule has 0 saturated carbocycles. The zero-order chi connectivity index (χ0) is 18.8. The summed E-state index contributed by atoms with van der Waals surface area (Å²) < 4.78 is 12.3. The molecule has 1 aliphatic heterocycles. The van der Waals surface area contributed by atoms with Crippen molar-refractivity contribution in [1.82, 2.24) is 0 Å². The Hall–Kier alpha value is -1.86. The van der Waals surface area contributed by atoms with Crippen LogP contribution in [0.5, 0.6) is 0 Å². The van der Waals surface area contributed by atoms with Crippen LogP contribution in [-0.2, 0) is 9.05 Å². The van der Waals surface area contributed by atoms with Gasteiger partial charge in [0, 0.05) is 24.8 Å². The molecule has 0 N–H and O–H groups in total. The maximum Gasteiger partial charge on any atom is 0.162 e. The van der Waals surface area contributed by atoms with Gasteiger partial charge in [-0.1, -0.05) is 81.4 Å². The van der Waals surface area contributed by atoms with Gasteiger partial charge < -0.3 is 9.05 Å². The van der Waals surface area contributed by atoms with E-state index in [2.05, 4.69) is 81.5 Å². The lowest BCUT2D eigenvalue weighted by Crippen LogP contribution is -2.17. The highest BCUT2D eigenvalue weighted by Gasteiger charge is 2.34. The van der Waals surface area contributed by atoms with Gasteiger partial charge >= 0.3 is 0 Å². The van der Waals surface area contributed by atoms with Gasteiger partial charge in [-0.15, -0.1) is 0 Å². The second kappa shape index (κ2) is 7.40. The lowest BCUT2D eigenvalue weighted by Gasteiger charge is -2.35. The predicted octanol–water partition coefficient (Wildman–Crippen LogP) is 6.37. The smallest absolute Gasteiger partial charge is 0.162 e. The standard InChI is InChI=1S/C23H27O2P/c1-23(2,3)20-16-21(18-12-8-6-9-13-18)26(24-4,25-5)22(17-20)19-14-10-7-11-15-19/h6-17H,1-5H3. The predicted molar refractivity (Wildman–Crippen MR) is 113 cm³/mol. The normalized spacial score (nSPS) is 16.9. The maximum atomic E-state index is 6.16. The molecule has 0 fully saturated rings. The maximum absolute atomic E-state index is 6.16. The number of allylic oxidation sites excluding steroid dienone is 3. The van der Waals surface area contributed by atoms with E-state index in [1.54, 1.807) is 14.2 Å². The van der Waals surface area contributed by atoms with Crippen LogP contribution >= 0.6 is 7.34 Å². The van der Waals surface area contributed by atoms with E-state index in [1.165, 1.54) is 5.57 Å². The molecule has 0 radical (unpaired) electrons. The van der Waals surface area contributed by atoms with Gasteiger partial charge in [0.05, 0.1) is 0 Å². The lowest BCUT2D eigenvalue weighted by molar-refractivity contribution is 0.345. The number of benzene rings is 2. The third kappa shape index (κ3) is 3.38. The second-order valence-corrected chi connectivity index (χ2v) is 10.2. The van der Waals surface area contributed by atoms with E-state index in [9.17, 15) is 0 Å². The van der Waals surface area contributed by atoms with Gasteiger partial charge in [0.1, 0.15) is 0 Å². The Morgan fingerprint density at radius 2 is 1.19 bits per heavy atom. The van der Waals surface area contributed by atoms with E-state index < -0.39 is 7.34 Å². The summed E-state index contributed by atoms with van der Waals surface area (Å²) in [5, 5.41) is 2.27. The van der Waals surface area contributed by atoms with Crippen molar-refractivity contribution in [3.63, 3.8) is 0 Å². The van der Waals surface area contributed by atoms with Gasteiger partial charge in [0.25, 0.3) is 0 Å². The van der Waals surface area contributed by atoms with Crippen LogP contribution in [0.4, 0.5) is 0 Å². The number of rotatable bonds is 4. The van der Waals surface area contributed by atoms with Crippen molar-refractivity contribution in [2.45, 2.75) is 20.8 Å². The Bertz CT molecular complexity index is 877. The molecule has 0 atom stereocenters. The number of hydrogen-bond acceptors (Lipinski definition) is 2. The van der Waals surface area contributed by atoms with Crippen LogP contribution in [-0.4, -0.2) is 19.5 Å². The van der Waals surface area contributed by atoms with Crippen molar-refractivity contribution in [2.24, 2.45) is 5.41 Å². The molecule has 0 bridgehead atoms. The minimum atomic E-state index is -2.42. The Morgan fingerprint density at radius 3 is 1.65 bits per heavy atom. The Morgan fingerprint density at radius 1 is 0.692 bits per heavy atom. The third-order valence-electron chi connectivity index (χ3n) is 4.74. The molecule has 2 nitrogen and oxygen atoms in total. The molecule has 2 aromatic carbocycles. The summed E-state index contributed by atoms with van der Waals surface area (Å²) in [7, 11) is 1.09. The molecule has 0 unspecified atom stereocenters. The summed E-state index contributed by atoms with van der Waals surface area (Å²) in [6.07, 6.45) is 4.53. The first-order valence-electron chi connectivity index (χ1n) is 8.85. The molecular formula is C23H27O2P. The second-order valence-electron chi connectivity index (χ2n) is 7.41. The highest BCUT2D eigenvalue weighted by atomic mass is 31.2. The fourth-order valence-corrected chi connectivity index (χ4v) is 6.05. The van der Waals surface area contributed by atoms with E-state index in [1.807, 2.05) is 12.1 Å². The number of hydrogen-bond donors (Lipinski definition) is 0. The molecule has 0 amide bonds. The van der Waals surface area contributed by atoms with Gasteiger partial charge in [-0.25, -0.2) is 0 Å². The van der Waals surface area contributed by atoms with E-state index in [-0.39, 0.29) is 5.41 Å². The van der Waals surface area contributed by atoms with Crippen LogP contribution < -0.4 is 0 Å². The van der Waals surface area contributed by atoms with Crippen molar-refractivity contribution in [1.29, 1.82) is 0 Å². The summed E-state index contributed by atoms with van der Waals surface area (Å²) in [6.45, 7) is 6.73. The van der Waals surface area contributed by atoms with Gasteiger partial charge in [-0.05, 0) is 34.3 Å². The van der Waals surface area contributed by atoms with Gasteiger partial charge in [-0.2, -0.15) is 0 Å². The van der Waals surface area contributed by atoms with Crippen molar-refractivity contribution in [3.8, 4) is 0 Å².